The number of ether oxygens (including phenoxy) is 1. The summed E-state index contributed by atoms with van der Waals surface area (Å²) >= 11 is 12.2. The molecule has 0 aliphatic heterocycles. The molecule has 138 valence electrons. The molecule has 1 amide bonds. The van der Waals surface area contributed by atoms with Crippen molar-refractivity contribution in [2.24, 2.45) is 5.16 Å². The summed E-state index contributed by atoms with van der Waals surface area (Å²) in [7, 11) is 2.89. The molecule has 26 heavy (non-hydrogen) atoms. The molecule has 0 spiro atoms. The average molecular weight is 397 g/mol. The number of carbonyl (C=O) groups excluding carboxylic acids is 1. The van der Waals surface area contributed by atoms with Crippen LogP contribution in [0.1, 0.15) is 6.92 Å². The number of halogens is 2. The zero-order chi connectivity index (χ0) is 19.1. The lowest BCUT2D eigenvalue weighted by molar-refractivity contribution is -0.114. The number of rotatable bonds is 7. The molecule has 0 unspecified atom stereocenters. The van der Waals surface area contributed by atoms with Gasteiger partial charge in [0.15, 0.2) is 5.71 Å². The molecule has 9 heteroatoms. The highest BCUT2D eigenvalue weighted by molar-refractivity contribution is 6.45. The number of oxime groups is 1. The summed E-state index contributed by atoms with van der Waals surface area (Å²) in [5.41, 5.74) is 1.44. The summed E-state index contributed by atoms with van der Waals surface area (Å²) in [6, 6.07) is 6.98. The smallest absolute Gasteiger partial charge is 0.273 e. The van der Waals surface area contributed by atoms with Crippen LogP contribution in [0.4, 0.5) is 0 Å². The van der Waals surface area contributed by atoms with Crippen LogP contribution in [0, 0.1) is 0 Å². The minimum atomic E-state index is -0.347. The Kier molecular flexibility index (Phi) is 7.06. The standard InChI is InChI=1S/C17H18Cl2N4O3/c1-11(16(22-25-3)17(24)20-2)8-10-26-14-7-9-23(21-14)13-6-4-5-12(18)15(13)19/h4-9H,10H2,1-3H3,(H,20,24). The highest BCUT2D eigenvalue weighted by Crippen LogP contribution is 2.28. The third-order valence-electron chi connectivity index (χ3n) is 3.36. The number of carbonyl (C=O) groups is 1. The molecule has 0 saturated carbocycles. The van der Waals surface area contributed by atoms with E-state index >= 15 is 0 Å². The topological polar surface area (TPSA) is 77.7 Å². The van der Waals surface area contributed by atoms with Crippen molar-refractivity contribution in [1.82, 2.24) is 15.1 Å². The molecule has 1 N–H and O–H groups in total. The second-order valence-electron chi connectivity index (χ2n) is 5.07. The van der Waals surface area contributed by atoms with E-state index in [2.05, 4.69) is 15.6 Å². The second-order valence-corrected chi connectivity index (χ2v) is 5.86. The van der Waals surface area contributed by atoms with Gasteiger partial charge in [-0.15, -0.1) is 5.10 Å². The van der Waals surface area contributed by atoms with Crippen LogP contribution < -0.4 is 10.1 Å². The van der Waals surface area contributed by atoms with E-state index in [4.69, 9.17) is 32.8 Å². The minimum absolute atomic E-state index is 0.176. The first-order chi connectivity index (χ1) is 12.5. The van der Waals surface area contributed by atoms with Gasteiger partial charge in [-0.1, -0.05) is 34.4 Å². The fraction of sp³-hybridized carbons (Fsp3) is 0.235. The summed E-state index contributed by atoms with van der Waals surface area (Å²) in [5, 5.41) is 11.4. The quantitative estimate of drug-likeness (QED) is 0.575. The molecule has 2 rings (SSSR count). The van der Waals surface area contributed by atoms with Crippen LogP contribution in [-0.2, 0) is 9.63 Å². The maximum Gasteiger partial charge on any atom is 0.273 e. The molecule has 0 aliphatic rings. The van der Waals surface area contributed by atoms with Gasteiger partial charge in [0.25, 0.3) is 5.91 Å². The average Bonchev–Trinajstić information content (AvgIpc) is 3.09. The number of aromatic nitrogens is 2. The van der Waals surface area contributed by atoms with E-state index < -0.39 is 0 Å². The van der Waals surface area contributed by atoms with Gasteiger partial charge in [0.1, 0.15) is 13.7 Å². The van der Waals surface area contributed by atoms with Gasteiger partial charge in [-0.05, 0) is 30.7 Å². The Labute approximate surface area is 161 Å². The van der Waals surface area contributed by atoms with Crippen molar-refractivity contribution in [2.75, 3.05) is 20.8 Å². The van der Waals surface area contributed by atoms with Gasteiger partial charge in [0.2, 0.25) is 5.88 Å². The van der Waals surface area contributed by atoms with Crippen molar-refractivity contribution in [2.45, 2.75) is 6.92 Å². The Hall–Kier alpha value is -2.51. The third kappa shape index (κ3) is 4.77. The molecule has 2 aromatic rings. The Balaban J connectivity index is 2.07. The first kappa shape index (κ1) is 19.8. The molecule has 7 nitrogen and oxygen atoms in total. The lowest BCUT2D eigenvalue weighted by atomic mass is 10.1. The molecule has 1 aromatic carbocycles. The molecule has 0 radical (unpaired) electrons. The van der Waals surface area contributed by atoms with E-state index in [0.29, 0.717) is 27.2 Å². The molecular formula is C17H18Cl2N4O3. The van der Waals surface area contributed by atoms with Gasteiger partial charge in [0.05, 0.1) is 15.7 Å². The Morgan fingerprint density at radius 2 is 2.15 bits per heavy atom. The Bertz CT molecular complexity index is 846. The first-order valence-electron chi connectivity index (χ1n) is 7.61. The zero-order valence-electron chi connectivity index (χ0n) is 14.5. The van der Waals surface area contributed by atoms with Gasteiger partial charge in [0, 0.05) is 19.3 Å². The molecule has 0 atom stereocenters. The number of nitrogens with zero attached hydrogens (tertiary/aromatic N) is 3. The van der Waals surface area contributed by atoms with Gasteiger partial charge in [-0.3, -0.25) is 4.79 Å². The van der Waals surface area contributed by atoms with Gasteiger partial charge in [-0.2, -0.15) is 0 Å². The molecule has 1 aromatic heterocycles. The van der Waals surface area contributed by atoms with Crippen LogP contribution in [0.25, 0.3) is 5.69 Å². The van der Waals surface area contributed by atoms with E-state index in [-0.39, 0.29) is 18.2 Å². The molecular weight excluding hydrogens is 379 g/mol. The summed E-state index contributed by atoms with van der Waals surface area (Å²) in [4.78, 5) is 16.4. The number of nitrogens with one attached hydrogen (secondary N) is 1. The summed E-state index contributed by atoms with van der Waals surface area (Å²) in [6.45, 7) is 1.94. The predicted octanol–water partition coefficient (Wildman–Crippen LogP) is 3.25. The van der Waals surface area contributed by atoms with Crippen LogP contribution in [0.5, 0.6) is 5.88 Å². The van der Waals surface area contributed by atoms with Crippen molar-refractivity contribution in [1.29, 1.82) is 0 Å². The van der Waals surface area contributed by atoms with E-state index in [1.54, 1.807) is 48.1 Å². The molecule has 0 saturated heterocycles. The summed E-state index contributed by atoms with van der Waals surface area (Å²) in [5.74, 6) is 0.0516. The van der Waals surface area contributed by atoms with E-state index in [1.165, 1.54) is 14.2 Å². The SMILES string of the molecule is CNC(=O)C(=NOC)C(C)=CCOc1ccn(-c2cccc(Cl)c2Cl)n1. The van der Waals surface area contributed by atoms with Gasteiger partial charge >= 0.3 is 0 Å². The van der Waals surface area contributed by atoms with Crippen LogP contribution in [0.3, 0.4) is 0 Å². The Morgan fingerprint density at radius 3 is 2.85 bits per heavy atom. The second kappa shape index (κ2) is 9.26. The highest BCUT2D eigenvalue weighted by atomic mass is 35.5. The Morgan fingerprint density at radius 1 is 1.38 bits per heavy atom. The number of hydrogen-bond acceptors (Lipinski definition) is 5. The largest absolute Gasteiger partial charge is 0.472 e. The van der Waals surface area contributed by atoms with Crippen molar-refractivity contribution >= 4 is 34.8 Å². The predicted molar refractivity (Wildman–Crippen MR) is 101 cm³/mol. The number of benzene rings is 1. The van der Waals surface area contributed by atoms with Crippen LogP contribution in [0.15, 0.2) is 47.3 Å². The van der Waals surface area contributed by atoms with Crippen LogP contribution in [-0.4, -0.2) is 42.2 Å². The van der Waals surface area contributed by atoms with Crippen molar-refractivity contribution in [3.8, 4) is 11.6 Å². The van der Waals surface area contributed by atoms with Gasteiger partial charge < -0.3 is 14.9 Å². The zero-order valence-corrected chi connectivity index (χ0v) is 16.0. The fourth-order valence-electron chi connectivity index (χ4n) is 2.04. The molecule has 1 heterocycles. The summed E-state index contributed by atoms with van der Waals surface area (Å²) in [6.07, 6.45) is 3.42. The lowest BCUT2D eigenvalue weighted by Gasteiger charge is -2.06. The third-order valence-corrected chi connectivity index (χ3v) is 4.17. The maximum absolute atomic E-state index is 11.8. The normalized spacial score (nSPS) is 12.0. The number of amides is 1. The van der Waals surface area contributed by atoms with E-state index in [0.717, 1.165) is 0 Å². The molecule has 0 aliphatic carbocycles. The monoisotopic (exact) mass is 396 g/mol. The molecule has 0 fully saturated rings. The van der Waals surface area contributed by atoms with Crippen LogP contribution in [0.2, 0.25) is 10.0 Å². The first-order valence-corrected chi connectivity index (χ1v) is 8.36. The van der Waals surface area contributed by atoms with Gasteiger partial charge in [-0.25, -0.2) is 4.68 Å². The number of hydrogen-bond donors (Lipinski definition) is 1. The molecule has 0 bridgehead atoms. The minimum Gasteiger partial charge on any atom is -0.472 e. The fourth-order valence-corrected chi connectivity index (χ4v) is 2.42. The lowest BCUT2D eigenvalue weighted by Crippen LogP contribution is -2.28. The maximum atomic E-state index is 11.8. The summed E-state index contributed by atoms with van der Waals surface area (Å²) < 4.78 is 7.15. The van der Waals surface area contributed by atoms with Crippen molar-refractivity contribution in [3.05, 3.63) is 52.2 Å². The van der Waals surface area contributed by atoms with E-state index in [1.807, 2.05) is 0 Å². The van der Waals surface area contributed by atoms with E-state index in [9.17, 15) is 4.79 Å². The van der Waals surface area contributed by atoms with Crippen LogP contribution >= 0.6 is 23.2 Å². The highest BCUT2D eigenvalue weighted by Gasteiger charge is 2.13. The van der Waals surface area contributed by atoms with Crippen molar-refractivity contribution < 1.29 is 14.4 Å². The van der Waals surface area contributed by atoms with Crippen molar-refractivity contribution in [3.63, 3.8) is 0 Å².